The normalized spacial score (nSPS) is 13.1. The summed E-state index contributed by atoms with van der Waals surface area (Å²) in [5.74, 6) is 0. The minimum absolute atomic E-state index is 0.0996. The maximum absolute atomic E-state index is 9.70. The number of rotatable bonds is 8. The fourth-order valence-electron chi connectivity index (χ4n) is 8.38. The van der Waals surface area contributed by atoms with Gasteiger partial charge in [0.2, 0.25) is 0 Å². The van der Waals surface area contributed by atoms with E-state index in [0.717, 1.165) is 65.7 Å². The molecule has 61 heavy (non-hydrogen) atoms. The van der Waals surface area contributed by atoms with E-state index < -0.39 is 24.2 Å². The minimum Gasteiger partial charge on any atom is -0.311 e. The Balaban J connectivity index is 1.10. The average Bonchev–Trinajstić information content (AvgIpc) is 3.39. The molecule has 0 radical (unpaired) electrons. The van der Waals surface area contributed by atoms with Gasteiger partial charge in [0.25, 0.3) is 0 Å². The highest BCUT2D eigenvalue weighted by molar-refractivity contribution is 6.13. The maximum atomic E-state index is 9.70. The van der Waals surface area contributed by atoms with Crippen LogP contribution in [0.5, 0.6) is 0 Å². The van der Waals surface area contributed by atoms with Crippen molar-refractivity contribution in [3.05, 3.63) is 249 Å². The second-order valence-electron chi connectivity index (χ2n) is 15.1. The molecule has 0 spiro atoms. The number of fused-ring (bicyclic) bond motifs is 4. The van der Waals surface area contributed by atoms with Gasteiger partial charge in [0.15, 0.2) is 0 Å². The molecule has 0 amide bonds. The Morgan fingerprint density at radius 3 is 1.39 bits per heavy atom. The van der Waals surface area contributed by atoms with Gasteiger partial charge in [-0.3, -0.25) is 0 Å². The van der Waals surface area contributed by atoms with Gasteiger partial charge in [0.1, 0.15) is 0 Å². The molecular formula is C60H41N. The highest BCUT2D eigenvalue weighted by Gasteiger charge is 2.16. The Morgan fingerprint density at radius 1 is 0.246 bits per heavy atom. The van der Waals surface area contributed by atoms with E-state index in [1.165, 1.54) is 4.90 Å². The topological polar surface area (TPSA) is 3.24 Å². The molecule has 0 fully saturated rings. The molecule has 1 nitrogen and oxygen atoms in total. The van der Waals surface area contributed by atoms with Crippen molar-refractivity contribution in [3.8, 4) is 55.6 Å². The van der Waals surface area contributed by atoms with Gasteiger partial charge in [-0.2, -0.15) is 0 Å². The first-order valence-corrected chi connectivity index (χ1v) is 20.3. The van der Waals surface area contributed by atoms with Crippen LogP contribution in [0.25, 0.3) is 88.0 Å². The lowest BCUT2D eigenvalue weighted by Gasteiger charge is -2.26. The van der Waals surface area contributed by atoms with Crippen molar-refractivity contribution in [2.24, 2.45) is 0 Å². The van der Waals surface area contributed by atoms with E-state index in [4.69, 9.17) is 0 Å². The zero-order valence-corrected chi connectivity index (χ0v) is 33.0. The third-order valence-corrected chi connectivity index (χ3v) is 11.4. The molecule has 0 aliphatic carbocycles. The second-order valence-corrected chi connectivity index (χ2v) is 15.1. The standard InChI is InChI=1S/C60H41N/c1-2-13-42(14-3-1)47-18-10-19-48(39-47)43-27-33-52(34-28-43)61(54-37-31-46(32-38-54)60-41-51-16-5-7-23-57(51)58-24-8-9-25-59(58)60)53-35-29-44(30-36-53)49-20-11-21-50(40-49)56-26-12-17-45-15-4-6-22-55(45)56/h1-41H/i27D,28D,29D,30D,33D,34D,35D,36D. The average molecular weight is 784 g/mol. The van der Waals surface area contributed by atoms with Crippen LogP contribution in [0.2, 0.25) is 0 Å². The van der Waals surface area contributed by atoms with Gasteiger partial charge < -0.3 is 4.90 Å². The molecule has 0 atom stereocenters. The van der Waals surface area contributed by atoms with Crippen LogP contribution in [0.4, 0.5) is 17.1 Å². The molecule has 0 bridgehead atoms. The van der Waals surface area contributed by atoms with E-state index in [0.29, 0.717) is 16.8 Å². The lowest BCUT2D eigenvalue weighted by atomic mass is 9.93. The van der Waals surface area contributed by atoms with E-state index >= 15 is 0 Å². The van der Waals surface area contributed by atoms with Crippen molar-refractivity contribution in [3.63, 3.8) is 0 Å². The molecule has 0 aliphatic heterocycles. The molecule has 0 aliphatic rings. The number of benzene rings is 11. The molecule has 11 rings (SSSR count). The third kappa shape index (κ3) is 6.93. The monoisotopic (exact) mass is 783 g/mol. The van der Waals surface area contributed by atoms with Crippen LogP contribution in [-0.2, 0) is 0 Å². The summed E-state index contributed by atoms with van der Waals surface area (Å²) >= 11 is 0. The second kappa shape index (κ2) is 15.6. The first-order valence-electron chi connectivity index (χ1n) is 24.3. The largest absolute Gasteiger partial charge is 0.311 e. The van der Waals surface area contributed by atoms with Crippen LogP contribution in [0, 0.1) is 0 Å². The van der Waals surface area contributed by atoms with Gasteiger partial charge in [-0.1, -0.05) is 194 Å². The predicted molar refractivity (Wildman–Crippen MR) is 261 cm³/mol. The van der Waals surface area contributed by atoms with Gasteiger partial charge in [-0.25, -0.2) is 0 Å². The van der Waals surface area contributed by atoms with E-state index in [1.807, 2.05) is 146 Å². The Labute approximate surface area is 368 Å². The maximum Gasteiger partial charge on any atom is 0.0645 e. The molecule has 0 aromatic heterocycles. The molecule has 0 N–H and O–H groups in total. The van der Waals surface area contributed by atoms with Crippen LogP contribution < -0.4 is 4.90 Å². The summed E-state index contributed by atoms with van der Waals surface area (Å²) in [5, 5.41) is 6.45. The number of anilines is 3. The van der Waals surface area contributed by atoms with Crippen molar-refractivity contribution in [2.45, 2.75) is 0 Å². The van der Waals surface area contributed by atoms with Crippen LogP contribution >= 0.6 is 0 Å². The SMILES string of the molecule is [2H]c1c([2H])c(N(c2ccc(-c3cc4ccccc4c4ccccc34)cc2)c2c([2H])c([2H])c(-c3cccc(-c4cccc5ccccc45)c3)c([2H])c2[2H])c([2H])c([2H])c1-c1cccc(-c2ccccc2)c1. The number of hydrogen-bond donors (Lipinski definition) is 0. The quantitative estimate of drug-likeness (QED) is 0.139. The number of nitrogens with zero attached hydrogens (tertiary/aromatic N) is 1. The fraction of sp³-hybridized carbons (Fsp3) is 0. The Morgan fingerprint density at radius 2 is 0.721 bits per heavy atom. The van der Waals surface area contributed by atoms with E-state index in [9.17, 15) is 11.0 Å². The highest BCUT2D eigenvalue weighted by atomic mass is 15.1. The van der Waals surface area contributed by atoms with Crippen LogP contribution in [0.1, 0.15) is 11.0 Å². The molecule has 0 heterocycles. The van der Waals surface area contributed by atoms with E-state index in [-0.39, 0.29) is 46.7 Å². The Bertz CT molecular complexity index is 3770. The Hall–Kier alpha value is -8.00. The van der Waals surface area contributed by atoms with E-state index in [2.05, 4.69) is 30.3 Å². The molecule has 286 valence electrons. The van der Waals surface area contributed by atoms with Crippen molar-refractivity contribution in [2.75, 3.05) is 4.90 Å². The summed E-state index contributed by atoms with van der Waals surface area (Å²) in [7, 11) is 0. The van der Waals surface area contributed by atoms with Crippen molar-refractivity contribution in [1.82, 2.24) is 0 Å². The van der Waals surface area contributed by atoms with Crippen LogP contribution in [-0.4, -0.2) is 0 Å². The summed E-state index contributed by atoms with van der Waals surface area (Å²) < 4.78 is 76.8. The van der Waals surface area contributed by atoms with Crippen molar-refractivity contribution < 1.29 is 11.0 Å². The van der Waals surface area contributed by atoms with Crippen molar-refractivity contribution >= 4 is 49.4 Å². The summed E-state index contributed by atoms with van der Waals surface area (Å²) in [6, 6.07) is 61.8. The van der Waals surface area contributed by atoms with Gasteiger partial charge in [0, 0.05) is 17.1 Å². The smallest absolute Gasteiger partial charge is 0.0645 e. The van der Waals surface area contributed by atoms with Crippen LogP contribution in [0.3, 0.4) is 0 Å². The first kappa shape index (κ1) is 28.4. The van der Waals surface area contributed by atoms with E-state index in [1.54, 1.807) is 24.3 Å². The van der Waals surface area contributed by atoms with Gasteiger partial charge in [0.05, 0.1) is 11.0 Å². The zero-order valence-electron chi connectivity index (χ0n) is 41.0. The van der Waals surface area contributed by atoms with Crippen molar-refractivity contribution in [1.29, 1.82) is 0 Å². The van der Waals surface area contributed by atoms with Crippen LogP contribution in [0.15, 0.2) is 249 Å². The molecule has 0 saturated carbocycles. The molecule has 11 aromatic rings. The molecule has 0 saturated heterocycles. The zero-order chi connectivity index (χ0) is 47.5. The first-order chi connectivity index (χ1) is 33.6. The number of hydrogen-bond acceptors (Lipinski definition) is 1. The summed E-state index contributed by atoms with van der Waals surface area (Å²) in [4.78, 5) is 1.37. The fourth-order valence-corrected chi connectivity index (χ4v) is 8.38. The summed E-state index contributed by atoms with van der Waals surface area (Å²) in [6.07, 6.45) is 0. The van der Waals surface area contributed by atoms with Gasteiger partial charge in [-0.05, 0) is 142 Å². The molecule has 0 unspecified atom stereocenters. The highest BCUT2D eigenvalue weighted by Crippen LogP contribution is 2.41. The Kier molecular flexibility index (Phi) is 7.29. The molecule has 11 aromatic carbocycles. The summed E-state index contributed by atoms with van der Waals surface area (Å²) in [6.45, 7) is 0. The minimum atomic E-state index is -0.400. The lowest BCUT2D eigenvalue weighted by Crippen LogP contribution is -2.09. The van der Waals surface area contributed by atoms with Gasteiger partial charge in [-0.15, -0.1) is 0 Å². The molecular weight excluding hydrogens is 735 g/mol. The van der Waals surface area contributed by atoms with Gasteiger partial charge >= 0.3 is 0 Å². The third-order valence-electron chi connectivity index (χ3n) is 11.4. The lowest BCUT2D eigenvalue weighted by molar-refractivity contribution is 1.28. The molecule has 1 heteroatoms. The summed E-state index contributed by atoms with van der Waals surface area (Å²) in [5.41, 5.74) is 6.56. The predicted octanol–water partition coefficient (Wildman–Crippen LogP) is 17.0.